The predicted molar refractivity (Wildman–Crippen MR) is 177 cm³/mol. The van der Waals surface area contributed by atoms with Crippen molar-refractivity contribution in [1.82, 2.24) is 9.97 Å². The highest BCUT2D eigenvalue weighted by Crippen LogP contribution is 2.46. The lowest BCUT2D eigenvalue weighted by Crippen LogP contribution is -1.96. The number of furan rings is 1. The molecule has 0 bridgehead atoms. The molecule has 0 N–H and O–H groups in total. The van der Waals surface area contributed by atoms with Crippen LogP contribution < -0.4 is 0 Å². The van der Waals surface area contributed by atoms with Crippen molar-refractivity contribution in [3.05, 3.63) is 146 Å². The Hall–Kier alpha value is -5.80. The Morgan fingerprint density at radius 1 is 0.372 bits per heavy atom. The van der Waals surface area contributed by atoms with Crippen molar-refractivity contribution in [2.45, 2.75) is 0 Å². The third-order valence-corrected chi connectivity index (χ3v) is 8.45. The minimum atomic E-state index is 0.702. The summed E-state index contributed by atoms with van der Waals surface area (Å²) in [5, 5.41) is 7.27. The molecular formula is C40H24N2O. The highest BCUT2D eigenvalue weighted by atomic mass is 16.3. The Kier molecular flexibility index (Phi) is 5.20. The first-order valence-electron chi connectivity index (χ1n) is 14.5. The average Bonchev–Trinajstić information content (AvgIpc) is 3.48. The normalized spacial score (nSPS) is 11.7. The van der Waals surface area contributed by atoms with Crippen molar-refractivity contribution in [2.75, 3.05) is 0 Å². The topological polar surface area (TPSA) is 38.9 Å². The Balaban J connectivity index is 1.29. The number of nitrogens with zero attached hydrogens (tertiary/aromatic N) is 2. The van der Waals surface area contributed by atoms with Crippen LogP contribution in [0.5, 0.6) is 0 Å². The molecule has 0 fully saturated rings. The second kappa shape index (κ2) is 9.37. The standard InChI is InChI=1S/C40H24N2O/c1-3-11-25(12-4-1)33-24-34(26-13-5-2-6-14-26)42-40(41-33)28-16-9-15-27(23-28)29-21-22-36-39-37(29)31-18-8-7-17-30(31)32-19-10-20-35(43-36)38(32)39/h1-24H. The van der Waals surface area contributed by atoms with Crippen LogP contribution in [-0.4, -0.2) is 9.97 Å². The zero-order valence-electron chi connectivity index (χ0n) is 23.2. The fraction of sp³-hybridized carbons (Fsp3) is 0. The molecule has 0 amide bonds. The Labute approximate surface area is 248 Å². The highest BCUT2D eigenvalue weighted by Gasteiger charge is 2.20. The first kappa shape index (κ1) is 23.9. The molecule has 2 aromatic heterocycles. The number of benzene rings is 7. The minimum absolute atomic E-state index is 0.702. The third-order valence-electron chi connectivity index (χ3n) is 8.45. The van der Waals surface area contributed by atoms with E-state index in [0.29, 0.717) is 5.82 Å². The molecule has 9 rings (SSSR count). The van der Waals surface area contributed by atoms with Crippen molar-refractivity contribution >= 4 is 43.5 Å². The summed E-state index contributed by atoms with van der Waals surface area (Å²) in [6.07, 6.45) is 0. The fourth-order valence-corrected chi connectivity index (χ4v) is 6.51. The van der Waals surface area contributed by atoms with E-state index in [4.69, 9.17) is 14.4 Å². The molecule has 0 saturated carbocycles. The predicted octanol–water partition coefficient (Wildman–Crippen LogP) is 10.8. The molecule has 43 heavy (non-hydrogen) atoms. The van der Waals surface area contributed by atoms with E-state index in [-0.39, 0.29) is 0 Å². The summed E-state index contributed by atoms with van der Waals surface area (Å²) < 4.78 is 6.36. The van der Waals surface area contributed by atoms with Crippen molar-refractivity contribution in [1.29, 1.82) is 0 Å². The molecule has 3 heteroatoms. The first-order valence-corrected chi connectivity index (χ1v) is 14.5. The number of rotatable bonds is 4. The van der Waals surface area contributed by atoms with E-state index in [1.54, 1.807) is 0 Å². The molecule has 0 atom stereocenters. The van der Waals surface area contributed by atoms with E-state index in [9.17, 15) is 0 Å². The van der Waals surface area contributed by atoms with Crippen LogP contribution in [0.4, 0.5) is 0 Å². The van der Waals surface area contributed by atoms with Crippen LogP contribution in [0.15, 0.2) is 150 Å². The monoisotopic (exact) mass is 548 g/mol. The van der Waals surface area contributed by atoms with Gasteiger partial charge in [0.15, 0.2) is 5.82 Å². The van der Waals surface area contributed by atoms with E-state index < -0.39 is 0 Å². The van der Waals surface area contributed by atoms with Crippen molar-refractivity contribution in [3.63, 3.8) is 0 Å². The SMILES string of the molecule is c1ccc(-c2cc(-c3ccccc3)nc(-c3cccc(-c4ccc5oc6cccc7c8ccccc8c4c5c67)c3)n2)cc1. The number of hydrogen-bond donors (Lipinski definition) is 0. The van der Waals surface area contributed by atoms with Crippen molar-refractivity contribution in [2.24, 2.45) is 0 Å². The first-order chi connectivity index (χ1) is 21.3. The van der Waals surface area contributed by atoms with E-state index in [0.717, 1.165) is 44.8 Å². The van der Waals surface area contributed by atoms with Gasteiger partial charge in [0.1, 0.15) is 11.2 Å². The molecular weight excluding hydrogens is 524 g/mol. The van der Waals surface area contributed by atoms with Crippen LogP contribution in [0.25, 0.3) is 88.5 Å². The summed E-state index contributed by atoms with van der Waals surface area (Å²) in [7, 11) is 0. The summed E-state index contributed by atoms with van der Waals surface area (Å²) in [5.74, 6) is 0.702. The van der Waals surface area contributed by atoms with Gasteiger partial charge in [-0.05, 0) is 51.6 Å². The summed E-state index contributed by atoms with van der Waals surface area (Å²) in [4.78, 5) is 10.2. The zero-order chi connectivity index (χ0) is 28.3. The summed E-state index contributed by atoms with van der Waals surface area (Å²) in [5.41, 5.74) is 9.03. The molecule has 0 aliphatic heterocycles. The highest BCUT2D eigenvalue weighted by molar-refractivity contribution is 6.35. The van der Waals surface area contributed by atoms with Crippen LogP contribution in [0, 0.1) is 0 Å². The van der Waals surface area contributed by atoms with Gasteiger partial charge < -0.3 is 4.42 Å². The van der Waals surface area contributed by atoms with Gasteiger partial charge in [0, 0.05) is 32.8 Å². The average molecular weight is 549 g/mol. The number of fused-ring (bicyclic) bond motifs is 3. The minimum Gasteiger partial charge on any atom is -0.456 e. The largest absolute Gasteiger partial charge is 0.456 e. The van der Waals surface area contributed by atoms with E-state index >= 15 is 0 Å². The van der Waals surface area contributed by atoms with Crippen LogP contribution >= 0.6 is 0 Å². The molecule has 2 heterocycles. The van der Waals surface area contributed by atoms with Crippen LogP contribution in [0.3, 0.4) is 0 Å². The summed E-state index contributed by atoms with van der Waals surface area (Å²) in [6, 6.07) is 50.6. The molecule has 0 saturated heterocycles. The van der Waals surface area contributed by atoms with Gasteiger partial charge in [-0.3, -0.25) is 0 Å². The van der Waals surface area contributed by atoms with Gasteiger partial charge in [-0.2, -0.15) is 0 Å². The smallest absolute Gasteiger partial charge is 0.160 e. The van der Waals surface area contributed by atoms with Crippen LogP contribution in [0.1, 0.15) is 0 Å². The maximum Gasteiger partial charge on any atom is 0.160 e. The molecule has 0 radical (unpaired) electrons. The quantitative estimate of drug-likeness (QED) is 0.205. The van der Waals surface area contributed by atoms with Crippen molar-refractivity contribution in [3.8, 4) is 45.0 Å². The van der Waals surface area contributed by atoms with Crippen LogP contribution in [0.2, 0.25) is 0 Å². The molecule has 0 unspecified atom stereocenters. The third kappa shape index (κ3) is 3.75. The molecule has 0 aliphatic rings. The second-order valence-corrected chi connectivity index (χ2v) is 11.0. The lowest BCUT2D eigenvalue weighted by atomic mass is 9.89. The molecule has 0 spiro atoms. The lowest BCUT2D eigenvalue weighted by molar-refractivity contribution is 0.669. The molecule has 0 aliphatic carbocycles. The number of hydrogen-bond acceptors (Lipinski definition) is 3. The van der Waals surface area contributed by atoms with Gasteiger partial charge in [0.2, 0.25) is 0 Å². The van der Waals surface area contributed by atoms with E-state index in [1.165, 1.54) is 37.9 Å². The molecule has 7 aromatic carbocycles. The maximum atomic E-state index is 6.36. The van der Waals surface area contributed by atoms with E-state index in [1.807, 2.05) is 36.4 Å². The van der Waals surface area contributed by atoms with Gasteiger partial charge in [0.05, 0.1) is 11.4 Å². The van der Waals surface area contributed by atoms with E-state index in [2.05, 4.69) is 109 Å². The van der Waals surface area contributed by atoms with Gasteiger partial charge in [-0.15, -0.1) is 0 Å². The molecule has 3 nitrogen and oxygen atoms in total. The zero-order valence-corrected chi connectivity index (χ0v) is 23.2. The lowest BCUT2D eigenvalue weighted by Gasteiger charge is -2.14. The van der Waals surface area contributed by atoms with Crippen molar-refractivity contribution < 1.29 is 4.42 Å². The Bertz CT molecular complexity index is 2380. The fourth-order valence-electron chi connectivity index (χ4n) is 6.51. The van der Waals surface area contributed by atoms with Gasteiger partial charge in [0.25, 0.3) is 0 Å². The maximum absolute atomic E-state index is 6.36. The Morgan fingerprint density at radius 2 is 0.930 bits per heavy atom. The van der Waals surface area contributed by atoms with Gasteiger partial charge in [-0.1, -0.05) is 121 Å². The van der Waals surface area contributed by atoms with Crippen LogP contribution in [-0.2, 0) is 0 Å². The van der Waals surface area contributed by atoms with Gasteiger partial charge in [-0.25, -0.2) is 9.97 Å². The van der Waals surface area contributed by atoms with Gasteiger partial charge >= 0.3 is 0 Å². The summed E-state index contributed by atoms with van der Waals surface area (Å²) in [6.45, 7) is 0. The molecule has 9 aromatic rings. The summed E-state index contributed by atoms with van der Waals surface area (Å²) >= 11 is 0. The Morgan fingerprint density at radius 3 is 1.67 bits per heavy atom. The molecule has 200 valence electrons. The number of aromatic nitrogens is 2. The second-order valence-electron chi connectivity index (χ2n) is 11.0.